The lowest BCUT2D eigenvalue weighted by atomic mass is 10.0. The number of fused-ring (bicyclic) bond motifs is 2. The third-order valence-corrected chi connectivity index (χ3v) is 4.57. The Morgan fingerprint density at radius 3 is 2.95 bits per heavy atom. The molecule has 2 heterocycles. The highest BCUT2D eigenvalue weighted by molar-refractivity contribution is 5.50. The van der Waals surface area contributed by atoms with Gasteiger partial charge in [-0.3, -0.25) is 0 Å². The van der Waals surface area contributed by atoms with Gasteiger partial charge in [0.2, 0.25) is 0 Å². The van der Waals surface area contributed by atoms with Gasteiger partial charge in [0, 0.05) is 6.54 Å². The summed E-state index contributed by atoms with van der Waals surface area (Å²) in [5.41, 5.74) is 6.62. The van der Waals surface area contributed by atoms with Crippen LogP contribution in [0.2, 0.25) is 0 Å². The van der Waals surface area contributed by atoms with Crippen molar-refractivity contribution in [2.45, 2.75) is 39.2 Å². The second-order valence-electron chi connectivity index (χ2n) is 5.97. The van der Waals surface area contributed by atoms with Crippen LogP contribution in [0.5, 0.6) is 5.75 Å². The molecule has 1 aliphatic heterocycles. The van der Waals surface area contributed by atoms with E-state index in [1.165, 1.54) is 35.1 Å². The summed E-state index contributed by atoms with van der Waals surface area (Å²) in [6, 6.07) is 8.54. The first-order valence-corrected chi connectivity index (χ1v) is 7.78. The molecule has 1 aromatic heterocycles. The molecule has 4 rings (SSSR count). The molecule has 0 unspecified atom stereocenters. The summed E-state index contributed by atoms with van der Waals surface area (Å²) >= 11 is 0. The molecular formula is C18H20N2O. The van der Waals surface area contributed by atoms with E-state index in [0.717, 1.165) is 36.6 Å². The molecule has 0 saturated carbocycles. The second kappa shape index (κ2) is 5.06. The normalized spacial score (nSPS) is 15.5. The monoisotopic (exact) mass is 280 g/mol. The maximum atomic E-state index is 6.06. The number of hydrogen-bond donors (Lipinski definition) is 1. The van der Waals surface area contributed by atoms with Gasteiger partial charge in [0.15, 0.2) is 0 Å². The van der Waals surface area contributed by atoms with Gasteiger partial charge in [-0.1, -0.05) is 12.1 Å². The summed E-state index contributed by atoms with van der Waals surface area (Å²) < 4.78 is 6.06. The van der Waals surface area contributed by atoms with E-state index in [1.54, 1.807) is 0 Å². The highest BCUT2D eigenvalue weighted by atomic mass is 16.5. The minimum absolute atomic E-state index is 0.546. The summed E-state index contributed by atoms with van der Waals surface area (Å²) in [6.07, 6.45) is 4.66. The predicted molar refractivity (Wildman–Crippen MR) is 84.0 cm³/mol. The number of hydrogen-bond acceptors (Lipinski definition) is 3. The SMILES string of the molecule is Cc1ccc(OCc2ccc3c(n2)NCC3)c2c1CCC2. The first-order chi connectivity index (χ1) is 10.3. The van der Waals surface area contributed by atoms with Gasteiger partial charge in [-0.15, -0.1) is 0 Å². The van der Waals surface area contributed by atoms with Crippen molar-refractivity contribution in [2.24, 2.45) is 0 Å². The molecule has 2 aromatic rings. The first-order valence-electron chi connectivity index (χ1n) is 7.78. The third-order valence-electron chi connectivity index (χ3n) is 4.57. The Hall–Kier alpha value is -2.03. The van der Waals surface area contributed by atoms with Gasteiger partial charge >= 0.3 is 0 Å². The molecule has 1 aliphatic carbocycles. The molecule has 0 saturated heterocycles. The number of nitrogens with one attached hydrogen (secondary N) is 1. The first kappa shape index (κ1) is 12.7. The Bertz CT molecular complexity index is 694. The molecule has 0 fully saturated rings. The number of anilines is 1. The molecule has 21 heavy (non-hydrogen) atoms. The van der Waals surface area contributed by atoms with Crippen LogP contribution in [-0.2, 0) is 25.9 Å². The number of benzene rings is 1. The fourth-order valence-electron chi connectivity index (χ4n) is 3.42. The van der Waals surface area contributed by atoms with Crippen LogP contribution in [0.1, 0.15) is 34.4 Å². The second-order valence-corrected chi connectivity index (χ2v) is 5.97. The van der Waals surface area contributed by atoms with E-state index in [1.807, 2.05) is 0 Å². The van der Waals surface area contributed by atoms with Crippen LogP contribution < -0.4 is 10.1 Å². The van der Waals surface area contributed by atoms with Crippen LogP contribution in [0.25, 0.3) is 0 Å². The van der Waals surface area contributed by atoms with Crippen LogP contribution in [0, 0.1) is 6.92 Å². The van der Waals surface area contributed by atoms with Crippen LogP contribution in [0.3, 0.4) is 0 Å². The highest BCUT2D eigenvalue weighted by Gasteiger charge is 2.18. The zero-order valence-electron chi connectivity index (χ0n) is 12.4. The molecule has 1 aromatic carbocycles. The van der Waals surface area contributed by atoms with Gasteiger partial charge in [0.1, 0.15) is 18.2 Å². The molecule has 3 nitrogen and oxygen atoms in total. The van der Waals surface area contributed by atoms with E-state index in [-0.39, 0.29) is 0 Å². The molecule has 0 atom stereocenters. The average molecular weight is 280 g/mol. The maximum absolute atomic E-state index is 6.06. The summed E-state index contributed by atoms with van der Waals surface area (Å²) in [6.45, 7) is 3.74. The standard InChI is InChI=1S/C18H20N2O/c1-12-5-8-17(16-4-2-3-15(12)16)21-11-14-7-6-13-9-10-19-18(13)20-14/h5-8H,2-4,9-11H2,1H3,(H,19,20). The van der Waals surface area contributed by atoms with Crippen molar-refractivity contribution in [3.8, 4) is 5.75 Å². The van der Waals surface area contributed by atoms with Gasteiger partial charge in [0.05, 0.1) is 5.69 Å². The lowest BCUT2D eigenvalue weighted by molar-refractivity contribution is 0.298. The van der Waals surface area contributed by atoms with Crippen molar-refractivity contribution in [2.75, 3.05) is 11.9 Å². The van der Waals surface area contributed by atoms with Gasteiger partial charge in [-0.25, -0.2) is 4.98 Å². The topological polar surface area (TPSA) is 34.1 Å². The molecule has 2 aliphatic rings. The van der Waals surface area contributed by atoms with E-state index < -0.39 is 0 Å². The third kappa shape index (κ3) is 2.27. The number of aryl methyl sites for hydroxylation is 1. The molecule has 108 valence electrons. The van der Waals surface area contributed by atoms with Gasteiger partial charge < -0.3 is 10.1 Å². The average Bonchev–Trinajstić information content (AvgIpc) is 3.15. The number of rotatable bonds is 3. The van der Waals surface area contributed by atoms with Crippen LogP contribution in [0.4, 0.5) is 5.82 Å². The number of ether oxygens (including phenoxy) is 1. The molecule has 3 heteroatoms. The number of pyridine rings is 1. The van der Waals surface area contributed by atoms with Crippen molar-refractivity contribution in [3.63, 3.8) is 0 Å². The number of nitrogens with zero attached hydrogens (tertiary/aromatic N) is 1. The van der Waals surface area contributed by atoms with E-state index in [2.05, 4.69) is 41.5 Å². The van der Waals surface area contributed by atoms with Gasteiger partial charge in [-0.05, 0) is 67.0 Å². The lowest BCUT2D eigenvalue weighted by Gasteiger charge is -2.12. The predicted octanol–water partition coefficient (Wildman–Crippen LogP) is 3.43. The van der Waals surface area contributed by atoms with Crippen molar-refractivity contribution >= 4 is 5.82 Å². The Kier molecular flexibility index (Phi) is 3.06. The Morgan fingerprint density at radius 1 is 1.10 bits per heavy atom. The zero-order valence-corrected chi connectivity index (χ0v) is 12.4. The smallest absolute Gasteiger partial charge is 0.130 e. The largest absolute Gasteiger partial charge is 0.487 e. The Labute approximate surface area is 125 Å². The van der Waals surface area contributed by atoms with E-state index in [4.69, 9.17) is 4.74 Å². The summed E-state index contributed by atoms with van der Waals surface area (Å²) in [4.78, 5) is 4.64. The fourth-order valence-corrected chi connectivity index (χ4v) is 3.42. The molecular weight excluding hydrogens is 260 g/mol. The van der Waals surface area contributed by atoms with Crippen molar-refractivity contribution in [1.82, 2.24) is 4.98 Å². The minimum Gasteiger partial charge on any atom is -0.487 e. The lowest BCUT2D eigenvalue weighted by Crippen LogP contribution is -2.03. The van der Waals surface area contributed by atoms with Crippen molar-refractivity contribution in [3.05, 3.63) is 52.2 Å². The summed E-state index contributed by atoms with van der Waals surface area (Å²) in [5, 5.41) is 3.32. The molecule has 0 radical (unpaired) electrons. The zero-order chi connectivity index (χ0) is 14.2. The Morgan fingerprint density at radius 2 is 2.00 bits per heavy atom. The molecule has 0 bridgehead atoms. The molecule has 0 spiro atoms. The number of aromatic nitrogens is 1. The van der Waals surface area contributed by atoms with Gasteiger partial charge in [0.25, 0.3) is 0 Å². The summed E-state index contributed by atoms with van der Waals surface area (Å²) in [5.74, 6) is 2.08. The fraction of sp³-hybridized carbons (Fsp3) is 0.389. The van der Waals surface area contributed by atoms with Crippen LogP contribution in [-0.4, -0.2) is 11.5 Å². The van der Waals surface area contributed by atoms with Crippen LogP contribution in [0.15, 0.2) is 24.3 Å². The van der Waals surface area contributed by atoms with Crippen molar-refractivity contribution < 1.29 is 4.74 Å². The molecule has 1 N–H and O–H groups in total. The summed E-state index contributed by atoms with van der Waals surface area (Å²) in [7, 11) is 0. The van der Waals surface area contributed by atoms with Gasteiger partial charge in [-0.2, -0.15) is 0 Å². The van der Waals surface area contributed by atoms with E-state index >= 15 is 0 Å². The van der Waals surface area contributed by atoms with E-state index in [0.29, 0.717) is 6.61 Å². The Balaban J connectivity index is 1.54. The molecule has 0 amide bonds. The van der Waals surface area contributed by atoms with Crippen molar-refractivity contribution in [1.29, 1.82) is 0 Å². The van der Waals surface area contributed by atoms with E-state index in [9.17, 15) is 0 Å². The quantitative estimate of drug-likeness (QED) is 0.935. The minimum atomic E-state index is 0.546. The highest BCUT2D eigenvalue weighted by Crippen LogP contribution is 2.33. The maximum Gasteiger partial charge on any atom is 0.130 e. The van der Waals surface area contributed by atoms with Crippen LogP contribution >= 0.6 is 0 Å².